The first-order chi connectivity index (χ1) is 8.92. The summed E-state index contributed by atoms with van der Waals surface area (Å²) in [4.78, 5) is 25.8. The fourth-order valence-electron chi connectivity index (χ4n) is 2.59. The predicted molar refractivity (Wildman–Crippen MR) is 75.7 cm³/mol. The van der Waals surface area contributed by atoms with Gasteiger partial charge in [0, 0.05) is 13.1 Å². The fraction of sp³-hybridized carbons (Fsp3) is 0.857. The number of nitrogens with zero attached hydrogens (tertiary/aromatic N) is 1. The summed E-state index contributed by atoms with van der Waals surface area (Å²) in [5.74, 6) is -0.0511. The lowest BCUT2D eigenvalue weighted by atomic mass is 9.77. The summed E-state index contributed by atoms with van der Waals surface area (Å²) >= 11 is 0. The van der Waals surface area contributed by atoms with Crippen LogP contribution in [-0.4, -0.2) is 48.9 Å². The van der Waals surface area contributed by atoms with Gasteiger partial charge >= 0.3 is 0 Å². The molecule has 19 heavy (non-hydrogen) atoms. The fourth-order valence-corrected chi connectivity index (χ4v) is 2.59. The Hall–Kier alpha value is -1.10. The molecule has 0 radical (unpaired) electrons. The minimum absolute atomic E-state index is 0.0402. The maximum absolute atomic E-state index is 12.6. The van der Waals surface area contributed by atoms with E-state index in [0.29, 0.717) is 13.1 Å². The molecule has 1 unspecified atom stereocenters. The molecule has 0 spiro atoms. The van der Waals surface area contributed by atoms with Gasteiger partial charge in [0.05, 0.1) is 12.6 Å². The zero-order chi connectivity index (χ0) is 14.5. The molecule has 2 amide bonds. The van der Waals surface area contributed by atoms with Crippen molar-refractivity contribution in [3.8, 4) is 0 Å². The van der Waals surface area contributed by atoms with Crippen LogP contribution in [0, 0.1) is 5.41 Å². The molecule has 5 heteroatoms. The van der Waals surface area contributed by atoms with Gasteiger partial charge in [-0.2, -0.15) is 0 Å². The molecule has 1 saturated heterocycles. The molecule has 0 bridgehead atoms. The Kier molecular flexibility index (Phi) is 5.79. The van der Waals surface area contributed by atoms with Crippen LogP contribution in [0.4, 0.5) is 0 Å². The molecular formula is C14H27N3O2. The number of carbonyl (C=O) groups excluding carboxylic acids is 2. The van der Waals surface area contributed by atoms with Gasteiger partial charge in [0.25, 0.3) is 0 Å². The Balaban J connectivity index is 2.69. The van der Waals surface area contributed by atoms with Gasteiger partial charge in [-0.25, -0.2) is 0 Å². The minimum Gasteiger partial charge on any atom is -0.355 e. The van der Waals surface area contributed by atoms with Gasteiger partial charge in [-0.15, -0.1) is 0 Å². The lowest BCUT2D eigenvalue weighted by Crippen LogP contribution is -2.57. The molecule has 1 aliphatic rings. The van der Waals surface area contributed by atoms with E-state index in [4.69, 9.17) is 0 Å². The van der Waals surface area contributed by atoms with Crippen molar-refractivity contribution in [1.29, 1.82) is 0 Å². The van der Waals surface area contributed by atoms with Crippen LogP contribution in [-0.2, 0) is 9.59 Å². The summed E-state index contributed by atoms with van der Waals surface area (Å²) in [6, 6.07) is -0.185. The van der Waals surface area contributed by atoms with Crippen LogP contribution in [0.15, 0.2) is 0 Å². The van der Waals surface area contributed by atoms with Gasteiger partial charge in [-0.1, -0.05) is 13.8 Å². The number of nitrogens with one attached hydrogen (secondary N) is 2. The Morgan fingerprint density at radius 3 is 2.58 bits per heavy atom. The Labute approximate surface area is 116 Å². The smallest absolute Gasteiger partial charge is 0.240 e. The van der Waals surface area contributed by atoms with E-state index in [2.05, 4.69) is 24.5 Å². The number of carbonyl (C=O) groups is 2. The molecular weight excluding hydrogens is 242 g/mol. The maximum atomic E-state index is 12.6. The van der Waals surface area contributed by atoms with Crippen LogP contribution in [0.2, 0.25) is 0 Å². The van der Waals surface area contributed by atoms with Gasteiger partial charge in [0.15, 0.2) is 0 Å². The molecule has 1 heterocycles. The van der Waals surface area contributed by atoms with Crippen molar-refractivity contribution in [2.45, 2.75) is 46.6 Å². The third-order valence-corrected chi connectivity index (χ3v) is 3.78. The molecule has 0 aromatic rings. The van der Waals surface area contributed by atoms with E-state index in [0.717, 1.165) is 19.4 Å². The number of rotatable bonds is 5. The zero-order valence-electron chi connectivity index (χ0n) is 12.6. The molecule has 1 aliphatic heterocycles. The van der Waals surface area contributed by atoms with Crippen molar-refractivity contribution in [2.75, 3.05) is 26.2 Å². The van der Waals surface area contributed by atoms with E-state index in [1.807, 2.05) is 13.8 Å². The SMILES string of the molecule is CCNC(=O)CN(CC)C(=O)C1NCCCC1(C)C. The molecule has 0 aliphatic carbocycles. The van der Waals surface area contributed by atoms with Crippen molar-refractivity contribution < 1.29 is 9.59 Å². The normalized spacial score (nSPS) is 21.8. The first-order valence-corrected chi connectivity index (χ1v) is 7.21. The number of piperidine rings is 1. The molecule has 1 fully saturated rings. The summed E-state index contributed by atoms with van der Waals surface area (Å²) in [7, 11) is 0. The first-order valence-electron chi connectivity index (χ1n) is 7.21. The molecule has 0 aromatic heterocycles. The largest absolute Gasteiger partial charge is 0.355 e. The summed E-state index contributed by atoms with van der Waals surface area (Å²) in [6.07, 6.45) is 2.13. The molecule has 1 atom stereocenters. The van der Waals surface area contributed by atoms with E-state index in [1.165, 1.54) is 0 Å². The monoisotopic (exact) mass is 269 g/mol. The van der Waals surface area contributed by atoms with Crippen LogP contribution in [0.5, 0.6) is 0 Å². The third-order valence-electron chi connectivity index (χ3n) is 3.78. The molecule has 0 aromatic carbocycles. The average Bonchev–Trinajstić information content (AvgIpc) is 2.35. The van der Waals surface area contributed by atoms with Crippen LogP contribution in [0.25, 0.3) is 0 Å². The van der Waals surface area contributed by atoms with Crippen molar-refractivity contribution in [3.05, 3.63) is 0 Å². The van der Waals surface area contributed by atoms with Gasteiger partial charge in [-0.05, 0) is 38.6 Å². The number of amides is 2. The van der Waals surface area contributed by atoms with Crippen LogP contribution >= 0.6 is 0 Å². The Morgan fingerprint density at radius 1 is 1.37 bits per heavy atom. The standard InChI is InChI=1S/C14H27N3O2/c1-5-15-11(18)10-17(6-2)13(19)12-14(3,4)8-7-9-16-12/h12,16H,5-10H2,1-4H3,(H,15,18). The summed E-state index contributed by atoms with van der Waals surface area (Å²) in [6.45, 7) is 10.2. The highest BCUT2D eigenvalue weighted by atomic mass is 16.2. The van der Waals surface area contributed by atoms with Crippen LogP contribution in [0.1, 0.15) is 40.5 Å². The first kappa shape index (κ1) is 16.0. The molecule has 2 N–H and O–H groups in total. The van der Waals surface area contributed by atoms with Gasteiger partial charge in [0.2, 0.25) is 11.8 Å². The third kappa shape index (κ3) is 4.20. The molecule has 1 rings (SSSR count). The summed E-state index contributed by atoms with van der Waals surface area (Å²) < 4.78 is 0. The van der Waals surface area contributed by atoms with Crippen LogP contribution < -0.4 is 10.6 Å². The van der Waals surface area contributed by atoms with E-state index >= 15 is 0 Å². The summed E-state index contributed by atoms with van der Waals surface area (Å²) in [5.41, 5.74) is -0.0516. The molecule has 110 valence electrons. The van der Waals surface area contributed by atoms with E-state index in [-0.39, 0.29) is 29.8 Å². The molecule has 0 saturated carbocycles. The number of hydrogen-bond acceptors (Lipinski definition) is 3. The number of likely N-dealkylation sites (N-methyl/N-ethyl adjacent to an activating group) is 2. The van der Waals surface area contributed by atoms with Crippen molar-refractivity contribution in [3.63, 3.8) is 0 Å². The Bertz CT molecular complexity index is 329. The van der Waals surface area contributed by atoms with Gasteiger partial charge < -0.3 is 15.5 Å². The lowest BCUT2D eigenvalue weighted by molar-refractivity contribution is -0.140. The van der Waals surface area contributed by atoms with Gasteiger partial charge in [-0.3, -0.25) is 9.59 Å². The summed E-state index contributed by atoms with van der Waals surface area (Å²) in [5, 5.41) is 6.04. The highest BCUT2D eigenvalue weighted by Crippen LogP contribution is 2.31. The minimum atomic E-state index is -0.185. The average molecular weight is 269 g/mol. The quantitative estimate of drug-likeness (QED) is 0.774. The van der Waals surface area contributed by atoms with E-state index < -0.39 is 0 Å². The second kappa shape index (κ2) is 6.89. The second-order valence-electron chi connectivity index (χ2n) is 5.79. The highest BCUT2D eigenvalue weighted by molar-refractivity contribution is 5.88. The second-order valence-corrected chi connectivity index (χ2v) is 5.79. The van der Waals surface area contributed by atoms with E-state index in [1.54, 1.807) is 4.90 Å². The van der Waals surface area contributed by atoms with Crippen molar-refractivity contribution in [1.82, 2.24) is 15.5 Å². The van der Waals surface area contributed by atoms with Crippen molar-refractivity contribution >= 4 is 11.8 Å². The Morgan fingerprint density at radius 2 is 2.05 bits per heavy atom. The maximum Gasteiger partial charge on any atom is 0.240 e. The lowest BCUT2D eigenvalue weighted by Gasteiger charge is -2.40. The van der Waals surface area contributed by atoms with E-state index in [9.17, 15) is 9.59 Å². The van der Waals surface area contributed by atoms with Gasteiger partial charge in [0.1, 0.15) is 0 Å². The highest BCUT2D eigenvalue weighted by Gasteiger charge is 2.39. The molecule has 5 nitrogen and oxygen atoms in total. The number of hydrogen-bond donors (Lipinski definition) is 2. The zero-order valence-corrected chi connectivity index (χ0v) is 12.6. The van der Waals surface area contributed by atoms with Crippen molar-refractivity contribution in [2.24, 2.45) is 5.41 Å². The topological polar surface area (TPSA) is 61.4 Å². The van der Waals surface area contributed by atoms with Crippen LogP contribution in [0.3, 0.4) is 0 Å². The predicted octanol–water partition coefficient (Wildman–Crippen LogP) is 0.749.